The molecule has 6 heteroatoms. The summed E-state index contributed by atoms with van der Waals surface area (Å²) in [5.74, 6) is 0.255. The second kappa shape index (κ2) is 2.65. The Morgan fingerprint density at radius 3 is 2.80 bits per heavy atom. The quantitative estimate of drug-likeness (QED) is 0.354. The molecule has 1 aromatic rings. The van der Waals surface area contributed by atoms with Gasteiger partial charge in [-0.05, 0) is 10.6 Å². The van der Waals surface area contributed by atoms with Crippen LogP contribution in [0.15, 0.2) is 17.5 Å². The molecule has 0 saturated heterocycles. The number of nitrogens with two attached hydrogens (primary N) is 1. The van der Waals surface area contributed by atoms with Gasteiger partial charge in [0.2, 0.25) is 0 Å². The molecule has 50 valence electrons. The molecule has 0 bridgehead atoms. The maximum atomic E-state index is 7.98. The van der Waals surface area contributed by atoms with Crippen molar-refractivity contribution in [1.29, 1.82) is 0 Å². The van der Waals surface area contributed by atoms with Gasteiger partial charge in [-0.2, -0.15) is 0 Å². The van der Waals surface area contributed by atoms with Crippen LogP contribution in [-0.4, -0.2) is 9.97 Å². The summed E-state index contributed by atoms with van der Waals surface area (Å²) >= 11 is 0. The number of nitrogen functional groups attached to an aromatic ring is 1. The molecule has 6 nitrogen and oxygen atoms in total. The number of hydrogen-bond donors (Lipinski definition) is 1. The van der Waals surface area contributed by atoms with Gasteiger partial charge in [-0.25, -0.2) is 9.97 Å². The third kappa shape index (κ3) is 1.12. The van der Waals surface area contributed by atoms with E-state index in [4.69, 9.17) is 11.3 Å². The van der Waals surface area contributed by atoms with Gasteiger partial charge in [0, 0.05) is 17.3 Å². The zero-order valence-electron chi connectivity index (χ0n) is 4.97. The Bertz CT molecular complexity index is 275. The molecule has 0 amide bonds. The third-order valence-electron chi connectivity index (χ3n) is 0.846. The second-order valence-electron chi connectivity index (χ2n) is 1.45. The van der Waals surface area contributed by atoms with Crippen molar-refractivity contribution < 1.29 is 0 Å². The maximum absolute atomic E-state index is 7.98. The highest BCUT2D eigenvalue weighted by Gasteiger charge is 1.93. The van der Waals surface area contributed by atoms with Gasteiger partial charge in [0.25, 0.3) is 0 Å². The van der Waals surface area contributed by atoms with Crippen LogP contribution in [0.2, 0.25) is 0 Å². The fourth-order valence-electron chi connectivity index (χ4n) is 0.461. The van der Waals surface area contributed by atoms with Crippen LogP contribution < -0.4 is 5.73 Å². The van der Waals surface area contributed by atoms with Crippen molar-refractivity contribution in [2.45, 2.75) is 0 Å². The van der Waals surface area contributed by atoms with E-state index in [2.05, 4.69) is 20.0 Å². The number of anilines is 1. The molecule has 1 rings (SSSR count). The number of rotatable bonds is 1. The molecule has 0 aromatic carbocycles. The zero-order valence-corrected chi connectivity index (χ0v) is 4.97. The molecule has 1 aromatic heterocycles. The minimum Gasteiger partial charge on any atom is -0.382 e. The lowest BCUT2D eigenvalue weighted by Crippen LogP contribution is -1.90. The number of nitrogens with zero attached hydrogens (tertiary/aromatic N) is 5. The molecule has 0 spiro atoms. The highest BCUT2D eigenvalue weighted by Crippen LogP contribution is 2.12. The van der Waals surface area contributed by atoms with Crippen molar-refractivity contribution in [1.82, 2.24) is 9.97 Å². The largest absolute Gasteiger partial charge is 0.382 e. The summed E-state index contributed by atoms with van der Waals surface area (Å²) in [5.41, 5.74) is 13.2. The molecular weight excluding hydrogens is 132 g/mol. The van der Waals surface area contributed by atoms with Crippen LogP contribution in [-0.2, 0) is 0 Å². The van der Waals surface area contributed by atoms with Crippen molar-refractivity contribution in [3.63, 3.8) is 0 Å². The summed E-state index contributed by atoms with van der Waals surface area (Å²) in [7, 11) is 0. The van der Waals surface area contributed by atoms with E-state index >= 15 is 0 Å². The number of aromatic nitrogens is 2. The molecule has 0 atom stereocenters. The normalized spacial score (nSPS) is 8.40. The van der Waals surface area contributed by atoms with Crippen molar-refractivity contribution in [3.05, 3.63) is 22.8 Å². The molecule has 0 unspecified atom stereocenters. The molecule has 0 radical (unpaired) electrons. The molecule has 2 N–H and O–H groups in total. The first kappa shape index (κ1) is 6.31. The lowest BCUT2D eigenvalue weighted by Gasteiger charge is -1.91. The van der Waals surface area contributed by atoms with Crippen molar-refractivity contribution >= 4 is 11.6 Å². The van der Waals surface area contributed by atoms with E-state index in [0.717, 1.165) is 0 Å². The lowest BCUT2D eigenvalue weighted by atomic mass is 10.6. The van der Waals surface area contributed by atoms with Crippen LogP contribution in [0, 0.1) is 0 Å². The Balaban J connectivity index is 3.14. The first-order valence-electron chi connectivity index (χ1n) is 2.46. The maximum Gasteiger partial charge on any atom is 0.168 e. The summed E-state index contributed by atoms with van der Waals surface area (Å²) < 4.78 is 0. The lowest BCUT2D eigenvalue weighted by molar-refractivity contribution is 1.18. The standard InChI is InChI=1S/C4H4N6/c5-3-4(9-10-6)8-2-1-7-3/h1-2H,(H2,5,7). The van der Waals surface area contributed by atoms with E-state index in [1.54, 1.807) is 0 Å². The van der Waals surface area contributed by atoms with E-state index < -0.39 is 0 Å². The molecule has 10 heavy (non-hydrogen) atoms. The van der Waals surface area contributed by atoms with Crippen LogP contribution in [0.1, 0.15) is 0 Å². The molecule has 0 saturated carbocycles. The van der Waals surface area contributed by atoms with E-state index in [-0.39, 0.29) is 11.6 Å². The summed E-state index contributed by atoms with van der Waals surface area (Å²) in [6, 6.07) is 0. The number of azide groups is 1. The van der Waals surface area contributed by atoms with Gasteiger partial charge >= 0.3 is 0 Å². The molecule has 0 aliphatic heterocycles. The van der Waals surface area contributed by atoms with Gasteiger partial charge < -0.3 is 5.73 Å². The summed E-state index contributed by atoms with van der Waals surface area (Å²) in [4.78, 5) is 9.82. The van der Waals surface area contributed by atoms with Crippen molar-refractivity contribution in [2.24, 2.45) is 5.11 Å². The van der Waals surface area contributed by atoms with Crippen molar-refractivity contribution in [2.75, 3.05) is 5.73 Å². The third-order valence-corrected chi connectivity index (χ3v) is 0.846. The SMILES string of the molecule is [N-]=[N+]=Nc1nccnc1N. The fraction of sp³-hybridized carbons (Fsp3) is 0. The van der Waals surface area contributed by atoms with Crippen LogP contribution >= 0.6 is 0 Å². The highest BCUT2D eigenvalue weighted by atomic mass is 15.2. The van der Waals surface area contributed by atoms with E-state index in [9.17, 15) is 0 Å². The van der Waals surface area contributed by atoms with Crippen LogP contribution in [0.4, 0.5) is 11.6 Å². The van der Waals surface area contributed by atoms with Gasteiger partial charge in [0.1, 0.15) is 0 Å². The van der Waals surface area contributed by atoms with Crippen LogP contribution in [0.3, 0.4) is 0 Å². The summed E-state index contributed by atoms with van der Waals surface area (Å²) in [6.45, 7) is 0. The first-order chi connectivity index (χ1) is 4.84. The van der Waals surface area contributed by atoms with Gasteiger partial charge in [-0.15, -0.1) is 0 Å². The second-order valence-corrected chi connectivity index (χ2v) is 1.45. The predicted molar refractivity (Wildman–Crippen MR) is 35.3 cm³/mol. The van der Waals surface area contributed by atoms with Crippen LogP contribution in [0.5, 0.6) is 0 Å². The van der Waals surface area contributed by atoms with Gasteiger partial charge in [-0.3, -0.25) is 0 Å². The van der Waals surface area contributed by atoms with E-state index in [1.165, 1.54) is 12.4 Å². The Morgan fingerprint density at radius 2 is 2.20 bits per heavy atom. The van der Waals surface area contributed by atoms with Crippen LogP contribution in [0.25, 0.3) is 10.4 Å². The average molecular weight is 136 g/mol. The minimum absolute atomic E-state index is 0.116. The van der Waals surface area contributed by atoms with Crippen molar-refractivity contribution in [3.8, 4) is 0 Å². The number of hydrogen-bond acceptors (Lipinski definition) is 4. The molecule has 1 heterocycles. The highest BCUT2D eigenvalue weighted by molar-refractivity contribution is 5.49. The Labute approximate surface area is 56.3 Å². The zero-order chi connectivity index (χ0) is 7.40. The minimum atomic E-state index is 0.116. The van der Waals surface area contributed by atoms with Gasteiger partial charge in [0.05, 0.1) is 0 Å². The molecule has 0 aliphatic carbocycles. The smallest absolute Gasteiger partial charge is 0.168 e. The summed E-state index contributed by atoms with van der Waals surface area (Å²) in [5, 5.41) is 3.19. The topological polar surface area (TPSA) is 101 Å². The Kier molecular flexibility index (Phi) is 1.67. The molecule has 0 fully saturated rings. The summed E-state index contributed by atoms with van der Waals surface area (Å²) in [6.07, 6.45) is 2.83. The fourth-order valence-corrected chi connectivity index (χ4v) is 0.461. The van der Waals surface area contributed by atoms with Gasteiger partial charge in [0.15, 0.2) is 11.6 Å². The average Bonchev–Trinajstić information content (AvgIpc) is 1.94. The first-order valence-corrected chi connectivity index (χ1v) is 2.46. The van der Waals surface area contributed by atoms with E-state index in [1.807, 2.05) is 0 Å². The molecular formula is C4H4N6. The Morgan fingerprint density at radius 1 is 1.50 bits per heavy atom. The Hall–Kier alpha value is -1.81. The molecule has 0 aliphatic rings. The predicted octanol–water partition coefficient (Wildman–Crippen LogP) is 1.00. The van der Waals surface area contributed by atoms with Gasteiger partial charge in [-0.1, -0.05) is 0 Å². The monoisotopic (exact) mass is 136 g/mol. The van der Waals surface area contributed by atoms with E-state index in [0.29, 0.717) is 0 Å².